The molecule has 190 valence electrons. The fraction of sp³-hybridized carbons (Fsp3) is 0.308. The smallest absolute Gasteiger partial charge is 0.260 e. The summed E-state index contributed by atoms with van der Waals surface area (Å²) in [5, 5.41) is 7.33. The molecule has 1 amide bonds. The summed E-state index contributed by atoms with van der Waals surface area (Å²) in [6, 6.07) is 7.15. The van der Waals surface area contributed by atoms with Gasteiger partial charge in [0, 0.05) is 72.2 Å². The fourth-order valence-corrected chi connectivity index (χ4v) is 4.67. The first kappa shape index (κ1) is 24.8. The van der Waals surface area contributed by atoms with Crippen molar-refractivity contribution in [2.24, 2.45) is 0 Å². The molecule has 1 fully saturated rings. The third-order valence-electron chi connectivity index (χ3n) is 6.23. The van der Waals surface area contributed by atoms with E-state index in [2.05, 4.69) is 30.6 Å². The van der Waals surface area contributed by atoms with Gasteiger partial charge in [-0.1, -0.05) is 23.7 Å². The van der Waals surface area contributed by atoms with Crippen LogP contribution in [0, 0.1) is 6.92 Å². The quantitative estimate of drug-likeness (QED) is 0.400. The summed E-state index contributed by atoms with van der Waals surface area (Å²) in [5.74, 6) is 0.261. The van der Waals surface area contributed by atoms with Crippen molar-refractivity contribution in [1.82, 2.24) is 34.7 Å². The van der Waals surface area contributed by atoms with Gasteiger partial charge >= 0.3 is 0 Å². The predicted octanol–water partition coefficient (Wildman–Crippen LogP) is 2.74. The molecular formula is C26H27ClN8O2. The Morgan fingerprint density at radius 1 is 1.11 bits per heavy atom. The Balaban J connectivity index is 1.61. The van der Waals surface area contributed by atoms with E-state index in [1.165, 1.54) is 4.57 Å². The van der Waals surface area contributed by atoms with Crippen LogP contribution in [0.1, 0.15) is 12.6 Å². The molecule has 4 aromatic rings. The van der Waals surface area contributed by atoms with Gasteiger partial charge in [-0.25, -0.2) is 9.97 Å². The zero-order chi connectivity index (χ0) is 25.9. The summed E-state index contributed by atoms with van der Waals surface area (Å²) >= 11 is 6.70. The van der Waals surface area contributed by atoms with Gasteiger partial charge in [0.15, 0.2) is 0 Å². The van der Waals surface area contributed by atoms with E-state index < -0.39 is 0 Å². The summed E-state index contributed by atoms with van der Waals surface area (Å²) < 4.78 is 1.42. The maximum Gasteiger partial charge on any atom is 0.260 e. The summed E-state index contributed by atoms with van der Waals surface area (Å²) in [5.41, 5.74) is 3.24. The number of hydrogen-bond acceptors (Lipinski definition) is 8. The van der Waals surface area contributed by atoms with E-state index in [9.17, 15) is 9.59 Å². The standard InChI is InChI=1S/C26H27ClN8O2/c1-3-30-26-31-13-18-10-20(19-5-4-17(11-21(19)27)22-14-29-12-16(2)32-22)25(37)35(24(18)33-26)15-23(36)34-8-6-28-7-9-34/h4-5,10-14,28H,3,6-9,15H2,1-2H3,(H,30,31,33). The highest BCUT2D eigenvalue weighted by Crippen LogP contribution is 2.31. The second-order valence-electron chi connectivity index (χ2n) is 8.82. The lowest BCUT2D eigenvalue weighted by Crippen LogP contribution is -2.48. The Bertz CT molecular complexity index is 1530. The first-order chi connectivity index (χ1) is 17.9. The Hall–Kier alpha value is -3.89. The molecule has 0 bridgehead atoms. The molecule has 0 radical (unpaired) electrons. The molecule has 0 atom stereocenters. The summed E-state index contributed by atoms with van der Waals surface area (Å²) in [6.07, 6.45) is 5.00. The van der Waals surface area contributed by atoms with Crippen LogP contribution in [0.5, 0.6) is 0 Å². The Morgan fingerprint density at radius 3 is 2.65 bits per heavy atom. The van der Waals surface area contributed by atoms with Crippen molar-refractivity contribution in [3.63, 3.8) is 0 Å². The maximum absolute atomic E-state index is 13.8. The minimum absolute atomic E-state index is 0.125. The highest BCUT2D eigenvalue weighted by Gasteiger charge is 2.21. The number of rotatable bonds is 6. The van der Waals surface area contributed by atoms with Crippen molar-refractivity contribution >= 4 is 34.5 Å². The molecule has 0 saturated carbocycles. The molecule has 10 nitrogen and oxygen atoms in total. The topological polar surface area (TPSA) is 118 Å². The van der Waals surface area contributed by atoms with Crippen LogP contribution < -0.4 is 16.2 Å². The van der Waals surface area contributed by atoms with Gasteiger partial charge in [0.1, 0.15) is 12.2 Å². The normalized spacial score (nSPS) is 13.6. The number of hydrogen-bond donors (Lipinski definition) is 2. The van der Waals surface area contributed by atoms with Crippen LogP contribution in [0.25, 0.3) is 33.4 Å². The minimum Gasteiger partial charge on any atom is -0.354 e. The van der Waals surface area contributed by atoms with E-state index in [1.54, 1.807) is 41.7 Å². The highest BCUT2D eigenvalue weighted by atomic mass is 35.5. The summed E-state index contributed by atoms with van der Waals surface area (Å²) in [6.45, 7) is 6.95. The molecular weight excluding hydrogens is 492 g/mol. The third kappa shape index (κ3) is 5.16. The number of nitrogens with one attached hydrogen (secondary N) is 2. The van der Waals surface area contributed by atoms with Crippen molar-refractivity contribution in [2.45, 2.75) is 20.4 Å². The molecule has 0 aliphatic carbocycles. The molecule has 1 aliphatic heterocycles. The van der Waals surface area contributed by atoms with Gasteiger partial charge in [0.25, 0.3) is 5.56 Å². The maximum atomic E-state index is 13.8. The van der Waals surface area contributed by atoms with E-state index in [4.69, 9.17) is 11.6 Å². The average Bonchev–Trinajstić information content (AvgIpc) is 2.91. The van der Waals surface area contributed by atoms with Gasteiger partial charge in [-0.05, 0) is 26.0 Å². The number of aryl methyl sites for hydroxylation is 1. The summed E-state index contributed by atoms with van der Waals surface area (Å²) in [4.78, 5) is 46.4. The number of carbonyl (C=O) groups is 1. The number of pyridine rings is 1. The van der Waals surface area contributed by atoms with Crippen molar-refractivity contribution in [3.8, 4) is 22.4 Å². The van der Waals surface area contributed by atoms with Gasteiger partial charge in [-0.2, -0.15) is 4.98 Å². The van der Waals surface area contributed by atoms with Gasteiger partial charge in [0.2, 0.25) is 11.9 Å². The van der Waals surface area contributed by atoms with Crippen LogP contribution in [-0.2, 0) is 11.3 Å². The number of amides is 1. The second kappa shape index (κ2) is 10.6. The third-order valence-corrected chi connectivity index (χ3v) is 6.55. The number of nitrogens with zero attached hydrogens (tertiary/aromatic N) is 6. The number of anilines is 1. The monoisotopic (exact) mass is 518 g/mol. The first-order valence-corrected chi connectivity index (χ1v) is 12.5. The SMILES string of the molecule is CCNc1ncc2cc(-c3ccc(-c4cncc(C)n4)cc3Cl)c(=O)n(CC(=O)N3CCNCC3)c2n1. The highest BCUT2D eigenvalue weighted by molar-refractivity contribution is 6.33. The van der Waals surface area contributed by atoms with E-state index in [0.29, 0.717) is 58.5 Å². The minimum atomic E-state index is -0.345. The molecule has 37 heavy (non-hydrogen) atoms. The van der Waals surface area contributed by atoms with E-state index >= 15 is 0 Å². The lowest BCUT2D eigenvalue weighted by atomic mass is 10.0. The van der Waals surface area contributed by atoms with Crippen LogP contribution in [-0.4, -0.2) is 68.0 Å². The zero-order valence-corrected chi connectivity index (χ0v) is 21.4. The fourth-order valence-electron chi connectivity index (χ4n) is 4.39. The van der Waals surface area contributed by atoms with Crippen LogP contribution in [0.4, 0.5) is 5.95 Å². The first-order valence-electron chi connectivity index (χ1n) is 12.2. The molecule has 5 rings (SSSR count). The number of fused-ring (bicyclic) bond motifs is 1. The van der Waals surface area contributed by atoms with E-state index in [-0.39, 0.29) is 18.0 Å². The summed E-state index contributed by atoms with van der Waals surface area (Å²) in [7, 11) is 0. The molecule has 1 aromatic carbocycles. The number of halogens is 1. The zero-order valence-electron chi connectivity index (χ0n) is 20.7. The van der Waals surface area contributed by atoms with Crippen LogP contribution in [0.3, 0.4) is 0 Å². The van der Waals surface area contributed by atoms with Crippen molar-refractivity contribution in [1.29, 1.82) is 0 Å². The van der Waals surface area contributed by atoms with Crippen molar-refractivity contribution in [2.75, 3.05) is 38.0 Å². The largest absolute Gasteiger partial charge is 0.354 e. The Morgan fingerprint density at radius 2 is 1.92 bits per heavy atom. The van der Waals surface area contributed by atoms with Crippen LogP contribution in [0.15, 0.2) is 47.7 Å². The van der Waals surface area contributed by atoms with Crippen LogP contribution >= 0.6 is 11.6 Å². The molecule has 1 aliphatic rings. The van der Waals surface area contributed by atoms with Crippen LogP contribution in [0.2, 0.25) is 5.02 Å². The molecule has 0 spiro atoms. The molecule has 4 heterocycles. The number of aromatic nitrogens is 5. The van der Waals surface area contributed by atoms with Gasteiger partial charge in [-0.15, -0.1) is 0 Å². The molecule has 3 aromatic heterocycles. The van der Waals surface area contributed by atoms with E-state index in [0.717, 1.165) is 24.3 Å². The number of carbonyl (C=O) groups excluding carboxylic acids is 1. The lowest BCUT2D eigenvalue weighted by molar-refractivity contribution is -0.132. The Kier molecular flexibility index (Phi) is 7.11. The van der Waals surface area contributed by atoms with Gasteiger partial charge < -0.3 is 15.5 Å². The average molecular weight is 519 g/mol. The van der Waals surface area contributed by atoms with Crippen molar-refractivity contribution < 1.29 is 4.79 Å². The molecule has 2 N–H and O–H groups in total. The molecule has 0 unspecified atom stereocenters. The van der Waals surface area contributed by atoms with Gasteiger partial charge in [0.05, 0.1) is 17.6 Å². The van der Waals surface area contributed by atoms with Crippen molar-refractivity contribution in [3.05, 3.63) is 63.9 Å². The molecule has 11 heteroatoms. The predicted molar refractivity (Wildman–Crippen MR) is 144 cm³/mol. The number of benzene rings is 1. The van der Waals surface area contributed by atoms with E-state index in [1.807, 2.05) is 19.9 Å². The second-order valence-corrected chi connectivity index (χ2v) is 9.23. The Labute approximate surface area is 218 Å². The van der Waals surface area contributed by atoms with Gasteiger partial charge in [-0.3, -0.25) is 19.1 Å². The molecule has 1 saturated heterocycles. The lowest BCUT2D eigenvalue weighted by Gasteiger charge is -2.28. The number of piperazine rings is 1.